The van der Waals surface area contributed by atoms with Crippen molar-refractivity contribution in [1.82, 2.24) is 10.3 Å². The average Bonchev–Trinajstić information content (AvgIpc) is 2.84. The zero-order valence-corrected chi connectivity index (χ0v) is 21.0. The van der Waals surface area contributed by atoms with Gasteiger partial charge in [0.1, 0.15) is 11.3 Å². The van der Waals surface area contributed by atoms with Crippen molar-refractivity contribution >= 4 is 22.4 Å². The molecular formula is C28H33N3O4. The van der Waals surface area contributed by atoms with E-state index in [1.165, 1.54) is 5.56 Å². The minimum absolute atomic E-state index is 0.208. The number of nitrogens with zero attached hydrogens (tertiary/aromatic N) is 1. The van der Waals surface area contributed by atoms with Crippen LogP contribution in [0, 0.1) is 0 Å². The van der Waals surface area contributed by atoms with E-state index in [0.717, 1.165) is 40.8 Å². The number of hydrogen-bond acceptors (Lipinski definition) is 6. The van der Waals surface area contributed by atoms with E-state index in [1.54, 1.807) is 28.1 Å². The molecule has 184 valence electrons. The maximum absolute atomic E-state index is 11.8. The maximum Gasteiger partial charge on any atom is 0.261 e. The van der Waals surface area contributed by atoms with Gasteiger partial charge in [-0.2, -0.15) is 0 Å². The van der Waals surface area contributed by atoms with Gasteiger partial charge in [0.25, 0.3) is 5.91 Å². The summed E-state index contributed by atoms with van der Waals surface area (Å²) in [6.45, 7) is 5.49. The SMILES string of the molecule is CCCC1NC=C(Cc2ccc3cccc(OC(C)(C)C(N)=O)c3n2)c2cc(OC)c(OC)cc21. The summed E-state index contributed by atoms with van der Waals surface area (Å²) >= 11 is 0. The lowest BCUT2D eigenvalue weighted by molar-refractivity contribution is -0.130. The average molecular weight is 476 g/mol. The van der Waals surface area contributed by atoms with Crippen molar-refractivity contribution in [1.29, 1.82) is 0 Å². The molecule has 0 bridgehead atoms. The van der Waals surface area contributed by atoms with Crippen LogP contribution in [0.1, 0.15) is 56.5 Å². The number of aromatic nitrogens is 1. The fourth-order valence-corrected chi connectivity index (χ4v) is 4.36. The Morgan fingerprint density at radius 1 is 1.09 bits per heavy atom. The number of benzene rings is 2. The smallest absolute Gasteiger partial charge is 0.261 e. The van der Waals surface area contributed by atoms with Crippen LogP contribution in [0.15, 0.2) is 48.7 Å². The molecule has 2 heterocycles. The number of fused-ring (bicyclic) bond motifs is 2. The van der Waals surface area contributed by atoms with Crippen LogP contribution in [-0.2, 0) is 11.2 Å². The third kappa shape index (κ3) is 4.90. The molecule has 1 amide bonds. The van der Waals surface area contributed by atoms with Gasteiger partial charge < -0.3 is 25.3 Å². The number of methoxy groups -OCH3 is 2. The third-order valence-electron chi connectivity index (χ3n) is 6.38. The lowest BCUT2D eigenvalue weighted by Crippen LogP contribution is -2.43. The predicted octanol–water partition coefficient (Wildman–Crippen LogP) is 4.92. The number of para-hydroxylation sites is 1. The second-order valence-corrected chi connectivity index (χ2v) is 9.26. The van der Waals surface area contributed by atoms with Crippen molar-refractivity contribution in [2.45, 2.75) is 51.7 Å². The number of ether oxygens (including phenoxy) is 3. The Labute approximate surface area is 206 Å². The molecule has 0 saturated carbocycles. The fourth-order valence-electron chi connectivity index (χ4n) is 4.36. The lowest BCUT2D eigenvalue weighted by Gasteiger charge is -2.28. The van der Waals surface area contributed by atoms with Gasteiger partial charge in [0.05, 0.1) is 20.3 Å². The summed E-state index contributed by atoms with van der Waals surface area (Å²) in [6.07, 6.45) is 4.76. The topological polar surface area (TPSA) is 95.7 Å². The first kappa shape index (κ1) is 24.4. The van der Waals surface area contributed by atoms with Gasteiger partial charge in [0, 0.05) is 23.7 Å². The van der Waals surface area contributed by atoms with Gasteiger partial charge in [-0.25, -0.2) is 4.98 Å². The molecule has 1 atom stereocenters. The highest BCUT2D eigenvalue weighted by molar-refractivity contribution is 5.87. The van der Waals surface area contributed by atoms with Crippen LogP contribution in [-0.4, -0.2) is 30.7 Å². The van der Waals surface area contributed by atoms with Crippen LogP contribution in [0.4, 0.5) is 0 Å². The summed E-state index contributed by atoms with van der Waals surface area (Å²) < 4.78 is 17.1. The molecule has 0 radical (unpaired) electrons. The standard InChI is InChI=1S/C28H33N3O4/c1-6-8-22-21-15-25(34-5)24(33-4)14-20(21)18(16-30-22)13-19-12-11-17-9-7-10-23(26(17)31-19)35-28(2,3)27(29)32/h7,9-12,14-16,22,30H,6,8,13H2,1-5H3,(H2,29,32). The molecule has 0 saturated heterocycles. The molecule has 2 aromatic carbocycles. The fraction of sp³-hybridized carbons (Fsp3) is 0.357. The first-order chi connectivity index (χ1) is 16.8. The van der Waals surface area contributed by atoms with E-state index in [0.29, 0.717) is 23.4 Å². The van der Waals surface area contributed by atoms with Crippen LogP contribution in [0.2, 0.25) is 0 Å². The molecule has 1 aliphatic heterocycles. The van der Waals surface area contributed by atoms with E-state index in [9.17, 15) is 4.79 Å². The van der Waals surface area contributed by atoms with Gasteiger partial charge in [-0.1, -0.05) is 31.5 Å². The minimum atomic E-state index is -1.15. The molecule has 3 N–H and O–H groups in total. The second-order valence-electron chi connectivity index (χ2n) is 9.26. The molecule has 4 rings (SSSR count). The Hall–Kier alpha value is -3.74. The van der Waals surface area contributed by atoms with Gasteiger partial charge in [-0.15, -0.1) is 0 Å². The summed E-state index contributed by atoms with van der Waals surface area (Å²) in [5.74, 6) is 1.41. The number of primary amides is 1. The van der Waals surface area contributed by atoms with E-state index in [2.05, 4.69) is 30.6 Å². The highest BCUT2D eigenvalue weighted by atomic mass is 16.5. The molecule has 1 unspecified atom stereocenters. The first-order valence-corrected chi connectivity index (χ1v) is 11.9. The normalized spacial score (nSPS) is 15.1. The van der Waals surface area contributed by atoms with Crippen LogP contribution in [0.3, 0.4) is 0 Å². The molecule has 0 spiro atoms. The molecule has 3 aromatic rings. The molecular weight excluding hydrogens is 442 g/mol. The quantitative estimate of drug-likeness (QED) is 0.456. The molecule has 1 aromatic heterocycles. The molecule has 0 fully saturated rings. The van der Waals surface area contributed by atoms with E-state index in [-0.39, 0.29) is 6.04 Å². The number of carbonyl (C=O) groups excluding carboxylic acids is 1. The number of rotatable bonds is 9. The Morgan fingerprint density at radius 3 is 2.51 bits per heavy atom. The van der Waals surface area contributed by atoms with Crippen LogP contribution in [0.5, 0.6) is 17.2 Å². The number of nitrogens with one attached hydrogen (secondary N) is 1. The number of carbonyl (C=O) groups is 1. The Kier molecular flexibility index (Phi) is 6.87. The van der Waals surface area contributed by atoms with E-state index in [1.807, 2.05) is 30.3 Å². The summed E-state index contributed by atoms with van der Waals surface area (Å²) in [6, 6.07) is 14.0. The van der Waals surface area contributed by atoms with E-state index < -0.39 is 11.5 Å². The van der Waals surface area contributed by atoms with Crippen molar-refractivity contribution in [2.75, 3.05) is 14.2 Å². The number of hydrogen-bond donors (Lipinski definition) is 2. The number of nitrogens with two attached hydrogens (primary N) is 1. The molecule has 35 heavy (non-hydrogen) atoms. The summed E-state index contributed by atoms with van der Waals surface area (Å²) in [4.78, 5) is 16.7. The van der Waals surface area contributed by atoms with Crippen LogP contribution < -0.4 is 25.3 Å². The maximum atomic E-state index is 11.8. The van der Waals surface area contributed by atoms with Crippen molar-refractivity contribution in [3.05, 3.63) is 65.5 Å². The summed E-state index contributed by atoms with van der Waals surface area (Å²) in [5, 5.41) is 4.49. The molecule has 0 aliphatic carbocycles. The van der Waals surface area contributed by atoms with Gasteiger partial charge >= 0.3 is 0 Å². The second kappa shape index (κ2) is 9.86. The Bertz CT molecular complexity index is 1280. The number of pyridine rings is 1. The van der Waals surface area contributed by atoms with Gasteiger partial charge in [0.2, 0.25) is 0 Å². The molecule has 7 heteroatoms. The van der Waals surface area contributed by atoms with E-state index in [4.69, 9.17) is 24.9 Å². The highest BCUT2D eigenvalue weighted by Crippen LogP contribution is 2.40. The highest BCUT2D eigenvalue weighted by Gasteiger charge is 2.28. The van der Waals surface area contributed by atoms with Crippen LogP contribution in [0.25, 0.3) is 16.5 Å². The molecule has 1 aliphatic rings. The minimum Gasteiger partial charge on any atom is -0.493 e. The van der Waals surface area contributed by atoms with Crippen molar-refractivity contribution in [3.63, 3.8) is 0 Å². The number of amides is 1. The Balaban J connectivity index is 1.72. The third-order valence-corrected chi connectivity index (χ3v) is 6.38. The summed E-state index contributed by atoms with van der Waals surface area (Å²) in [5.41, 5.74) is 9.37. The lowest BCUT2D eigenvalue weighted by atomic mass is 9.87. The zero-order chi connectivity index (χ0) is 25.2. The van der Waals surface area contributed by atoms with Crippen molar-refractivity contribution in [3.8, 4) is 17.2 Å². The van der Waals surface area contributed by atoms with E-state index >= 15 is 0 Å². The summed E-state index contributed by atoms with van der Waals surface area (Å²) in [7, 11) is 3.31. The van der Waals surface area contributed by atoms with Crippen molar-refractivity contribution < 1.29 is 19.0 Å². The number of allylic oxidation sites excluding steroid dienone is 1. The first-order valence-electron chi connectivity index (χ1n) is 11.9. The Morgan fingerprint density at radius 2 is 1.83 bits per heavy atom. The van der Waals surface area contributed by atoms with Gasteiger partial charge in [0.15, 0.2) is 17.1 Å². The van der Waals surface area contributed by atoms with Gasteiger partial charge in [-0.3, -0.25) is 4.79 Å². The monoisotopic (exact) mass is 475 g/mol. The van der Waals surface area contributed by atoms with Gasteiger partial charge in [-0.05, 0) is 61.2 Å². The molecule has 7 nitrogen and oxygen atoms in total. The largest absolute Gasteiger partial charge is 0.493 e. The predicted molar refractivity (Wildman–Crippen MR) is 138 cm³/mol. The zero-order valence-electron chi connectivity index (χ0n) is 21.0. The van der Waals surface area contributed by atoms with Crippen LogP contribution >= 0.6 is 0 Å². The van der Waals surface area contributed by atoms with Crippen molar-refractivity contribution in [2.24, 2.45) is 5.73 Å².